The second-order valence-corrected chi connectivity index (χ2v) is 15.4. The Balaban J connectivity index is 1.74. The monoisotopic (exact) mass is 721 g/mol. The lowest BCUT2D eigenvalue weighted by Crippen LogP contribution is -2.34. The van der Waals surface area contributed by atoms with Crippen LogP contribution in [0.5, 0.6) is 0 Å². The van der Waals surface area contributed by atoms with E-state index in [1.54, 1.807) is 11.8 Å². The minimum atomic E-state index is -4.52. The number of phosphoric acid groups is 1. The lowest BCUT2D eigenvalue weighted by atomic mass is 10.1. The fourth-order valence-electron chi connectivity index (χ4n) is 5.50. The Morgan fingerprint density at radius 1 is 0.938 bits per heavy atom. The standard InChI is InChI=1S/C33H64N5O8PS/c1-3-5-7-9-11-13-14-16-18-20-22-48-26-27(43-21-19-17-15-12-10-8-6-4-2)24-44-47(41,42)45-25-29-30(39)31(40)33(46-29)38-36-23-28(37-38)32(34)35/h23,27,29-31,33,39-40H,3-22,24-26H2,1-2H3,(H3,34,35)(H,41,42). The van der Waals surface area contributed by atoms with Crippen molar-refractivity contribution in [2.75, 3.05) is 31.3 Å². The summed E-state index contributed by atoms with van der Waals surface area (Å²) in [7, 11) is -4.52. The van der Waals surface area contributed by atoms with Gasteiger partial charge in [0.1, 0.15) is 29.8 Å². The highest BCUT2D eigenvalue weighted by atomic mass is 32.2. The average Bonchev–Trinajstić information content (AvgIpc) is 3.67. The zero-order chi connectivity index (χ0) is 35.0. The van der Waals surface area contributed by atoms with Crippen molar-refractivity contribution in [3.63, 3.8) is 0 Å². The molecular formula is C33H64N5O8PS. The maximum atomic E-state index is 12.8. The quantitative estimate of drug-likeness (QED) is 0.0242. The number of nitrogens with one attached hydrogen (secondary N) is 1. The molecule has 1 saturated heterocycles. The molecule has 2 heterocycles. The summed E-state index contributed by atoms with van der Waals surface area (Å²) in [6.45, 7) is 4.40. The maximum absolute atomic E-state index is 12.8. The zero-order valence-corrected chi connectivity index (χ0v) is 31.1. The van der Waals surface area contributed by atoms with Gasteiger partial charge in [-0.15, -0.1) is 5.10 Å². The Labute approximate surface area is 292 Å². The van der Waals surface area contributed by atoms with Crippen LogP contribution in [0.25, 0.3) is 0 Å². The molecule has 1 aromatic heterocycles. The van der Waals surface area contributed by atoms with Crippen LogP contribution in [-0.2, 0) is 23.1 Å². The van der Waals surface area contributed by atoms with Gasteiger partial charge in [0.25, 0.3) is 0 Å². The van der Waals surface area contributed by atoms with Crippen molar-refractivity contribution in [3.05, 3.63) is 11.9 Å². The molecule has 0 aromatic carbocycles. The zero-order valence-electron chi connectivity index (χ0n) is 29.4. The third-order valence-electron chi connectivity index (χ3n) is 8.47. The summed E-state index contributed by atoms with van der Waals surface area (Å²) in [6, 6.07) is 0. The molecule has 15 heteroatoms. The molecule has 6 N–H and O–H groups in total. The van der Waals surface area contributed by atoms with Crippen LogP contribution in [0, 0.1) is 5.41 Å². The number of rotatable bonds is 31. The molecule has 48 heavy (non-hydrogen) atoms. The first kappa shape index (κ1) is 43.1. The number of aliphatic hydroxyl groups excluding tert-OH is 2. The normalized spacial score (nSPS) is 21.4. The number of unbranched alkanes of at least 4 members (excludes halogenated alkanes) is 16. The van der Waals surface area contributed by atoms with Crippen molar-refractivity contribution < 1.29 is 38.2 Å². The van der Waals surface area contributed by atoms with Crippen LogP contribution in [0.3, 0.4) is 0 Å². The second-order valence-electron chi connectivity index (χ2n) is 12.8. The van der Waals surface area contributed by atoms with E-state index < -0.39 is 39.0 Å². The first-order valence-corrected chi connectivity index (χ1v) is 20.9. The van der Waals surface area contributed by atoms with Crippen LogP contribution in [0.15, 0.2) is 6.20 Å². The number of nitrogen functional groups attached to an aromatic ring is 1. The number of nitrogens with zero attached hydrogens (tertiary/aromatic N) is 3. The molecule has 1 aliphatic heterocycles. The average molecular weight is 722 g/mol. The van der Waals surface area contributed by atoms with E-state index in [0.29, 0.717) is 12.4 Å². The maximum Gasteiger partial charge on any atom is 0.472 e. The molecule has 2 rings (SSSR count). The number of aliphatic hydroxyl groups is 2. The van der Waals surface area contributed by atoms with E-state index >= 15 is 0 Å². The number of amidine groups is 1. The predicted molar refractivity (Wildman–Crippen MR) is 190 cm³/mol. The van der Waals surface area contributed by atoms with Crippen LogP contribution in [0.2, 0.25) is 0 Å². The van der Waals surface area contributed by atoms with Gasteiger partial charge in [-0.05, 0) is 18.6 Å². The number of hydrogen-bond donors (Lipinski definition) is 5. The molecule has 1 fully saturated rings. The molecule has 0 radical (unpaired) electrons. The number of nitrogens with two attached hydrogens (primary N) is 1. The topological polar surface area (TPSA) is 195 Å². The summed E-state index contributed by atoms with van der Waals surface area (Å²) in [5.41, 5.74) is 5.49. The lowest BCUT2D eigenvalue weighted by molar-refractivity contribution is -0.0664. The Morgan fingerprint density at radius 2 is 1.50 bits per heavy atom. The third kappa shape index (κ3) is 18.2. The summed E-state index contributed by atoms with van der Waals surface area (Å²) >= 11 is 1.77. The largest absolute Gasteiger partial charge is 0.472 e. The third-order valence-corrected chi connectivity index (χ3v) is 10.6. The Morgan fingerprint density at radius 3 is 2.06 bits per heavy atom. The van der Waals surface area contributed by atoms with E-state index in [0.717, 1.165) is 29.8 Å². The van der Waals surface area contributed by atoms with Gasteiger partial charge in [0, 0.05) is 12.4 Å². The van der Waals surface area contributed by atoms with Gasteiger partial charge in [-0.25, -0.2) is 4.57 Å². The van der Waals surface area contributed by atoms with Crippen molar-refractivity contribution in [3.8, 4) is 0 Å². The fraction of sp³-hybridized carbons (Fsp3) is 0.909. The molecule has 0 amide bonds. The molecule has 0 saturated carbocycles. The van der Waals surface area contributed by atoms with Crippen LogP contribution in [0.1, 0.15) is 141 Å². The fourth-order valence-corrected chi connectivity index (χ4v) is 7.29. The summed E-state index contributed by atoms with van der Waals surface area (Å²) < 4.78 is 35.0. The summed E-state index contributed by atoms with van der Waals surface area (Å²) in [5.74, 6) is 1.33. The number of phosphoric ester groups is 1. The van der Waals surface area contributed by atoms with Crippen LogP contribution in [0.4, 0.5) is 0 Å². The SMILES string of the molecule is CCCCCCCCCCCCSCC(COP(=O)(O)OCC1OC(n2ncc(C(=N)N)n2)C(O)C1O)OCCCCCCCCCC. The predicted octanol–water partition coefficient (Wildman–Crippen LogP) is 6.49. The molecule has 0 spiro atoms. The van der Waals surface area contributed by atoms with Gasteiger partial charge >= 0.3 is 7.82 Å². The van der Waals surface area contributed by atoms with E-state index in [9.17, 15) is 19.7 Å². The van der Waals surface area contributed by atoms with Gasteiger partial charge in [0.05, 0.1) is 25.5 Å². The highest BCUT2D eigenvalue weighted by Crippen LogP contribution is 2.44. The van der Waals surface area contributed by atoms with Crippen LogP contribution < -0.4 is 5.73 Å². The van der Waals surface area contributed by atoms with Crippen molar-refractivity contribution >= 4 is 25.4 Å². The molecule has 6 atom stereocenters. The minimum Gasteiger partial charge on any atom is -0.387 e. The van der Waals surface area contributed by atoms with Crippen molar-refractivity contribution in [1.29, 1.82) is 5.41 Å². The number of aromatic nitrogens is 3. The van der Waals surface area contributed by atoms with E-state index in [2.05, 4.69) is 24.0 Å². The van der Waals surface area contributed by atoms with Crippen molar-refractivity contribution in [1.82, 2.24) is 15.0 Å². The van der Waals surface area contributed by atoms with Crippen molar-refractivity contribution in [2.45, 2.75) is 160 Å². The van der Waals surface area contributed by atoms with E-state index in [1.807, 2.05) is 0 Å². The molecule has 280 valence electrons. The van der Waals surface area contributed by atoms with E-state index in [1.165, 1.54) is 103 Å². The molecular weight excluding hydrogens is 657 g/mol. The summed E-state index contributed by atoms with van der Waals surface area (Å²) in [4.78, 5) is 11.4. The molecule has 0 aliphatic carbocycles. The molecule has 6 unspecified atom stereocenters. The Kier molecular flexibility index (Phi) is 23.2. The lowest BCUT2D eigenvalue weighted by Gasteiger charge is -2.21. The van der Waals surface area contributed by atoms with Gasteiger partial charge in [0.2, 0.25) is 0 Å². The number of ether oxygens (including phenoxy) is 2. The van der Waals surface area contributed by atoms with Gasteiger partial charge in [-0.1, -0.05) is 117 Å². The molecule has 1 aliphatic rings. The summed E-state index contributed by atoms with van der Waals surface area (Å²) in [5, 5.41) is 36.2. The molecule has 13 nitrogen and oxygen atoms in total. The minimum absolute atomic E-state index is 0.0779. The number of hydrogen-bond acceptors (Lipinski definition) is 11. The van der Waals surface area contributed by atoms with E-state index in [-0.39, 0.29) is 24.2 Å². The van der Waals surface area contributed by atoms with Gasteiger partial charge in [-0.2, -0.15) is 21.7 Å². The second kappa shape index (κ2) is 25.8. The molecule has 1 aromatic rings. The smallest absolute Gasteiger partial charge is 0.387 e. The number of thioether (sulfide) groups is 1. The van der Waals surface area contributed by atoms with Crippen molar-refractivity contribution in [2.24, 2.45) is 5.73 Å². The van der Waals surface area contributed by atoms with Crippen LogP contribution >= 0.6 is 19.6 Å². The Bertz CT molecular complexity index is 1020. The first-order valence-electron chi connectivity index (χ1n) is 18.3. The highest BCUT2D eigenvalue weighted by Gasteiger charge is 2.46. The van der Waals surface area contributed by atoms with Crippen LogP contribution in [-0.4, -0.2) is 91.7 Å². The van der Waals surface area contributed by atoms with E-state index in [4.69, 9.17) is 29.7 Å². The summed E-state index contributed by atoms with van der Waals surface area (Å²) in [6.07, 6.45) is 18.1. The van der Waals surface area contributed by atoms with Gasteiger partial charge < -0.3 is 30.3 Å². The first-order chi connectivity index (χ1) is 23.2. The van der Waals surface area contributed by atoms with Gasteiger partial charge in [-0.3, -0.25) is 14.5 Å². The Hall–Kier alpha value is -1.09. The highest BCUT2D eigenvalue weighted by molar-refractivity contribution is 7.99. The molecule has 0 bridgehead atoms. The van der Waals surface area contributed by atoms with Gasteiger partial charge in [0.15, 0.2) is 6.23 Å².